The smallest absolute Gasteiger partial charge is 0.246 e. The summed E-state index contributed by atoms with van der Waals surface area (Å²) in [5.74, 6) is 0.772. The first-order valence-corrected chi connectivity index (χ1v) is 10.8. The van der Waals surface area contributed by atoms with Crippen LogP contribution in [0.4, 0.5) is 17.1 Å². The maximum atomic E-state index is 12.6. The van der Waals surface area contributed by atoms with Crippen LogP contribution in [0.3, 0.4) is 0 Å². The molecule has 1 saturated carbocycles. The standard InChI is InChI=1S/C24H29N5O/c1-18(24(30)27-23-8-3-2-5-20(23)16-25)26-21-6-4-7-22(15-21)29-13-11-28(12-14-29)17-19-9-10-19/h2-8,15,18-19,26H,9-14,17H2,1H3,(H,27,30). The minimum absolute atomic E-state index is 0.170. The highest BCUT2D eigenvalue weighted by atomic mass is 16.2. The Morgan fingerprint density at radius 2 is 1.90 bits per heavy atom. The Kier molecular flexibility index (Phi) is 6.20. The van der Waals surface area contributed by atoms with Crippen LogP contribution < -0.4 is 15.5 Å². The van der Waals surface area contributed by atoms with Crippen molar-refractivity contribution in [3.8, 4) is 6.07 Å². The molecule has 1 amide bonds. The van der Waals surface area contributed by atoms with Crippen LogP contribution in [-0.2, 0) is 4.79 Å². The molecule has 1 saturated heterocycles. The van der Waals surface area contributed by atoms with Gasteiger partial charge in [-0.25, -0.2) is 0 Å². The molecule has 0 bridgehead atoms. The first-order valence-electron chi connectivity index (χ1n) is 10.8. The van der Waals surface area contributed by atoms with Gasteiger partial charge >= 0.3 is 0 Å². The summed E-state index contributed by atoms with van der Waals surface area (Å²) in [6.45, 7) is 7.40. The molecule has 30 heavy (non-hydrogen) atoms. The van der Waals surface area contributed by atoms with Crippen molar-refractivity contribution in [2.45, 2.75) is 25.8 Å². The normalized spacial score (nSPS) is 17.8. The highest BCUT2D eigenvalue weighted by Crippen LogP contribution is 2.30. The molecule has 1 unspecified atom stereocenters. The Hall–Kier alpha value is -3.04. The quantitative estimate of drug-likeness (QED) is 0.740. The monoisotopic (exact) mass is 403 g/mol. The minimum atomic E-state index is -0.428. The molecule has 1 aliphatic carbocycles. The van der Waals surface area contributed by atoms with Gasteiger partial charge in [0.25, 0.3) is 0 Å². The zero-order valence-electron chi connectivity index (χ0n) is 17.5. The molecule has 1 atom stereocenters. The molecular formula is C24H29N5O. The van der Waals surface area contributed by atoms with Gasteiger partial charge in [0.15, 0.2) is 0 Å². The van der Waals surface area contributed by atoms with Crippen molar-refractivity contribution in [1.29, 1.82) is 5.26 Å². The van der Waals surface area contributed by atoms with Gasteiger partial charge in [-0.2, -0.15) is 5.26 Å². The van der Waals surface area contributed by atoms with Crippen molar-refractivity contribution in [3.63, 3.8) is 0 Å². The topological polar surface area (TPSA) is 71.4 Å². The molecule has 0 radical (unpaired) electrons. The Balaban J connectivity index is 1.33. The van der Waals surface area contributed by atoms with Crippen molar-refractivity contribution < 1.29 is 4.79 Å². The van der Waals surface area contributed by atoms with Crippen LogP contribution in [0.2, 0.25) is 0 Å². The van der Waals surface area contributed by atoms with Crippen molar-refractivity contribution in [3.05, 3.63) is 54.1 Å². The Morgan fingerprint density at radius 3 is 2.63 bits per heavy atom. The second kappa shape index (κ2) is 9.19. The molecule has 156 valence electrons. The third-order valence-electron chi connectivity index (χ3n) is 5.88. The zero-order chi connectivity index (χ0) is 20.9. The van der Waals surface area contributed by atoms with Gasteiger partial charge in [-0.3, -0.25) is 9.69 Å². The second-order valence-electron chi connectivity index (χ2n) is 8.29. The Bertz CT molecular complexity index is 925. The number of carbonyl (C=O) groups excluding carboxylic acids is 1. The van der Waals surface area contributed by atoms with Crippen LogP contribution in [0.15, 0.2) is 48.5 Å². The summed E-state index contributed by atoms with van der Waals surface area (Å²) in [5.41, 5.74) is 3.11. The number of benzene rings is 2. The number of carbonyl (C=O) groups is 1. The number of hydrogen-bond donors (Lipinski definition) is 2. The van der Waals surface area contributed by atoms with Crippen molar-refractivity contribution in [2.24, 2.45) is 5.92 Å². The zero-order valence-corrected chi connectivity index (χ0v) is 17.5. The summed E-state index contributed by atoms with van der Waals surface area (Å²) < 4.78 is 0. The van der Waals surface area contributed by atoms with Gasteiger partial charge in [-0.05, 0) is 56.0 Å². The minimum Gasteiger partial charge on any atom is -0.374 e. The maximum absolute atomic E-state index is 12.6. The van der Waals surface area contributed by atoms with Gasteiger partial charge in [0.05, 0.1) is 11.3 Å². The third-order valence-corrected chi connectivity index (χ3v) is 5.88. The van der Waals surface area contributed by atoms with Gasteiger partial charge in [-0.15, -0.1) is 0 Å². The Morgan fingerprint density at radius 1 is 1.13 bits per heavy atom. The molecule has 1 aliphatic heterocycles. The number of hydrogen-bond acceptors (Lipinski definition) is 5. The summed E-state index contributed by atoms with van der Waals surface area (Å²) in [4.78, 5) is 17.6. The van der Waals surface area contributed by atoms with E-state index in [1.165, 1.54) is 25.1 Å². The Labute approximate surface area is 178 Å². The first-order chi connectivity index (χ1) is 14.6. The third kappa shape index (κ3) is 5.11. The second-order valence-corrected chi connectivity index (χ2v) is 8.29. The summed E-state index contributed by atoms with van der Waals surface area (Å²) in [7, 11) is 0. The van der Waals surface area contributed by atoms with E-state index in [9.17, 15) is 10.1 Å². The van der Waals surface area contributed by atoms with Gasteiger partial charge in [-0.1, -0.05) is 18.2 Å². The van der Waals surface area contributed by atoms with Gasteiger partial charge < -0.3 is 15.5 Å². The lowest BCUT2D eigenvalue weighted by Crippen LogP contribution is -2.47. The largest absolute Gasteiger partial charge is 0.374 e. The lowest BCUT2D eigenvalue weighted by molar-refractivity contribution is -0.116. The van der Waals surface area contributed by atoms with Gasteiger partial charge in [0.1, 0.15) is 12.1 Å². The van der Waals surface area contributed by atoms with Crippen molar-refractivity contribution in [1.82, 2.24) is 4.90 Å². The molecule has 0 aromatic heterocycles. The SMILES string of the molecule is CC(Nc1cccc(N2CCN(CC3CC3)CC2)c1)C(=O)Nc1ccccc1C#N. The van der Waals surface area contributed by atoms with Crippen LogP contribution in [0.1, 0.15) is 25.3 Å². The molecule has 2 aliphatic rings. The molecule has 0 spiro atoms. The molecule has 2 N–H and O–H groups in total. The van der Waals surface area contributed by atoms with Crippen LogP contribution in [0, 0.1) is 17.2 Å². The van der Waals surface area contributed by atoms with E-state index >= 15 is 0 Å². The van der Waals surface area contributed by atoms with Gasteiger partial charge in [0.2, 0.25) is 5.91 Å². The summed E-state index contributed by atoms with van der Waals surface area (Å²) >= 11 is 0. The number of amides is 1. The number of para-hydroxylation sites is 1. The molecular weight excluding hydrogens is 374 g/mol. The lowest BCUT2D eigenvalue weighted by atomic mass is 10.1. The average molecular weight is 404 g/mol. The molecule has 6 heteroatoms. The number of nitrogens with zero attached hydrogens (tertiary/aromatic N) is 3. The van der Waals surface area contributed by atoms with Crippen LogP contribution >= 0.6 is 0 Å². The van der Waals surface area contributed by atoms with E-state index in [2.05, 4.69) is 38.6 Å². The van der Waals surface area contributed by atoms with E-state index in [4.69, 9.17) is 0 Å². The van der Waals surface area contributed by atoms with E-state index in [1.807, 2.05) is 25.1 Å². The summed E-state index contributed by atoms with van der Waals surface area (Å²) in [5, 5.41) is 15.3. The van der Waals surface area contributed by atoms with Crippen LogP contribution in [-0.4, -0.2) is 49.6 Å². The number of nitrogens with one attached hydrogen (secondary N) is 2. The summed E-state index contributed by atoms with van der Waals surface area (Å²) in [6.07, 6.45) is 2.81. The molecule has 4 rings (SSSR count). The van der Waals surface area contributed by atoms with E-state index in [0.717, 1.165) is 37.8 Å². The molecule has 6 nitrogen and oxygen atoms in total. The first kappa shape index (κ1) is 20.2. The highest BCUT2D eigenvalue weighted by molar-refractivity contribution is 5.97. The fourth-order valence-corrected chi connectivity index (χ4v) is 3.89. The number of piperazine rings is 1. The van der Waals surface area contributed by atoms with E-state index < -0.39 is 6.04 Å². The lowest BCUT2D eigenvalue weighted by Gasteiger charge is -2.36. The fourth-order valence-electron chi connectivity index (χ4n) is 3.89. The fraction of sp³-hybridized carbons (Fsp3) is 0.417. The average Bonchev–Trinajstić information content (AvgIpc) is 3.59. The van der Waals surface area contributed by atoms with E-state index in [1.54, 1.807) is 18.2 Å². The van der Waals surface area contributed by atoms with Gasteiger partial charge in [0, 0.05) is 44.1 Å². The summed E-state index contributed by atoms with van der Waals surface area (Å²) in [6, 6.07) is 17.0. The van der Waals surface area contributed by atoms with Crippen molar-refractivity contribution >= 4 is 23.0 Å². The maximum Gasteiger partial charge on any atom is 0.246 e. The van der Waals surface area contributed by atoms with Crippen molar-refractivity contribution in [2.75, 3.05) is 48.3 Å². The predicted molar refractivity (Wildman–Crippen MR) is 121 cm³/mol. The van der Waals surface area contributed by atoms with E-state index in [0.29, 0.717) is 11.3 Å². The van der Waals surface area contributed by atoms with E-state index in [-0.39, 0.29) is 5.91 Å². The highest BCUT2D eigenvalue weighted by Gasteiger charge is 2.26. The number of rotatable bonds is 7. The van der Waals surface area contributed by atoms with Crippen LogP contribution in [0.25, 0.3) is 0 Å². The predicted octanol–water partition coefficient (Wildman–Crippen LogP) is 3.53. The van der Waals surface area contributed by atoms with Crippen LogP contribution in [0.5, 0.6) is 0 Å². The molecule has 2 aromatic rings. The number of anilines is 3. The molecule has 2 fully saturated rings. The number of nitriles is 1. The molecule has 1 heterocycles. The molecule has 2 aromatic carbocycles.